The van der Waals surface area contributed by atoms with Gasteiger partial charge in [0.2, 0.25) is 0 Å². The number of aliphatic hydroxyl groups is 1. The van der Waals surface area contributed by atoms with Crippen molar-refractivity contribution in [1.29, 1.82) is 0 Å². The highest BCUT2D eigenvalue weighted by Crippen LogP contribution is 2.18. The number of aliphatic hydroxyl groups excluding tert-OH is 1. The van der Waals surface area contributed by atoms with Crippen LogP contribution in [-0.2, 0) is 9.47 Å². The minimum Gasteiger partial charge on any atom is -0.490 e. The normalized spacial score (nSPS) is 9.95. The van der Waals surface area contributed by atoms with Gasteiger partial charge in [0.1, 0.15) is 24.8 Å². The van der Waals surface area contributed by atoms with Crippen molar-refractivity contribution in [2.75, 3.05) is 40.1 Å². The van der Waals surface area contributed by atoms with Crippen LogP contribution in [0.1, 0.15) is 12.0 Å². The van der Waals surface area contributed by atoms with Crippen molar-refractivity contribution in [3.05, 3.63) is 29.6 Å². The van der Waals surface area contributed by atoms with E-state index in [1.807, 2.05) is 0 Å². The van der Waals surface area contributed by atoms with Crippen molar-refractivity contribution >= 4 is 0 Å². The number of halogens is 1. The zero-order chi connectivity index (χ0) is 14.6. The van der Waals surface area contributed by atoms with E-state index >= 15 is 0 Å². The molecule has 0 heterocycles. The lowest BCUT2D eigenvalue weighted by Crippen LogP contribution is -2.09. The second-order valence-electron chi connectivity index (χ2n) is 3.91. The third-order valence-corrected chi connectivity index (χ3v) is 2.37. The Kier molecular flexibility index (Phi) is 8.40. The molecule has 0 amide bonds. The average Bonchev–Trinajstić information content (AvgIpc) is 2.45. The molecule has 0 saturated heterocycles. The Morgan fingerprint density at radius 1 is 1.20 bits per heavy atom. The fraction of sp³-hybridized carbons (Fsp3) is 0.467. The second kappa shape index (κ2) is 10.2. The molecule has 0 atom stereocenters. The highest BCUT2D eigenvalue weighted by atomic mass is 19.1. The molecule has 1 aromatic rings. The smallest absolute Gasteiger partial charge is 0.135 e. The number of benzene rings is 1. The van der Waals surface area contributed by atoms with Gasteiger partial charge < -0.3 is 19.3 Å². The van der Waals surface area contributed by atoms with Gasteiger partial charge in [0.05, 0.1) is 12.2 Å². The van der Waals surface area contributed by atoms with E-state index in [9.17, 15) is 4.39 Å². The molecule has 0 saturated carbocycles. The van der Waals surface area contributed by atoms with Crippen LogP contribution in [0.5, 0.6) is 5.75 Å². The van der Waals surface area contributed by atoms with Crippen molar-refractivity contribution in [3.8, 4) is 17.6 Å². The molecule has 0 bridgehead atoms. The molecule has 20 heavy (non-hydrogen) atoms. The SMILES string of the molecule is COCCCOCCOc1ccc(F)cc1C#CCO. The summed E-state index contributed by atoms with van der Waals surface area (Å²) in [6, 6.07) is 4.10. The summed E-state index contributed by atoms with van der Waals surface area (Å²) in [5, 5.41) is 8.67. The van der Waals surface area contributed by atoms with Crippen LogP contribution in [0.3, 0.4) is 0 Å². The molecule has 0 fully saturated rings. The zero-order valence-electron chi connectivity index (χ0n) is 11.5. The summed E-state index contributed by atoms with van der Waals surface area (Å²) in [5.74, 6) is 5.21. The highest BCUT2D eigenvalue weighted by Gasteiger charge is 2.03. The monoisotopic (exact) mass is 282 g/mol. The molecular weight excluding hydrogens is 263 g/mol. The summed E-state index contributed by atoms with van der Waals surface area (Å²) in [6.07, 6.45) is 0.834. The van der Waals surface area contributed by atoms with Gasteiger partial charge in [0, 0.05) is 20.3 Å². The van der Waals surface area contributed by atoms with Crippen LogP contribution < -0.4 is 4.74 Å². The maximum atomic E-state index is 13.1. The first-order valence-corrected chi connectivity index (χ1v) is 6.36. The van der Waals surface area contributed by atoms with E-state index in [0.29, 0.717) is 37.7 Å². The minimum atomic E-state index is -0.393. The Morgan fingerprint density at radius 2 is 2.05 bits per heavy atom. The van der Waals surface area contributed by atoms with Crippen molar-refractivity contribution in [1.82, 2.24) is 0 Å². The minimum absolute atomic E-state index is 0.279. The number of hydrogen-bond donors (Lipinski definition) is 1. The molecule has 1 rings (SSSR count). The largest absolute Gasteiger partial charge is 0.490 e. The van der Waals surface area contributed by atoms with Gasteiger partial charge in [-0.05, 0) is 24.6 Å². The highest BCUT2D eigenvalue weighted by molar-refractivity contribution is 5.46. The first kappa shape index (κ1) is 16.4. The van der Waals surface area contributed by atoms with Crippen molar-refractivity contribution < 1.29 is 23.7 Å². The van der Waals surface area contributed by atoms with E-state index < -0.39 is 5.82 Å². The van der Waals surface area contributed by atoms with E-state index in [-0.39, 0.29) is 6.61 Å². The van der Waals surface area contributed by atoms with Crippen LogP contribution in [0.15, 0.2) is 18.2 Å². The molecule has 0 aliphatic rings. The number of hydrogen-bond acceptors (Lipinski definition) is 4. The molecule has 0 unspecified atom stereocenters. The molecule has 5 heteroatoms. The van der Waals surface area contributed by atoms with E-state index in [2.05, 4.69) is 11.8 Å². The Balaban J connectivity index is 2.39. The van der Waals surface area contributed by atoms with E-state index in [0.717, 1.165) is 6.42 Å². The van der Waals surface area contributed by atoms with Gasteiger partial charge in [-0.2, -0.15) is 0 Å². The lowest BCUT2D eigenvalue weighted by atomic mass is 10.2. The number of ether oxygens (including phenoxy) is 3. The fourth-order valence-corrected chi connectivity index (χ4v) is 1.48. The Morgan fingerprint density at radius 3 is 2.80 bits per heavy atom. The van der Waals surface area contributed by atoms with Gasteiger partial charge in [0.15, 0.2) is 0 Å². The summed E-state index contributed by atoms with van der Waals surface area (Å²) in [5.41, 5.74) is 0.415. The Bertz CT molecular complexity index is 451. The summed E-state index contributed by atoms with van der Waals surface area (Å²) < 4.78 is 28.8. The summed E-state index contributed by atoms with van der Waals surface area (Å²) in [7, 11) is 1.65. The summed E-state index contributed by atoms with van der Waals surface area (Å²) in [4.78, 5) is 0. The first-order valence-electron chi connectivity index (χ1n) is 6.36. The molecule has 0 aliphatic carbocycles. The molecule has 1 aromatic carbocycles. The van der Waals surface area contributed by atoms with Crippen molar-refractivity contribution in [2.24, 2.45) is 0 Å². The van der Waals surface area contributed by atoms with E-state index in [4.69, 9.17) is 19.3 Å². The van der Waals surface area contributed by atoms with Gasteiger partial charge in [-0.15, -0.1) is 0 Å². The second-order valence-corrected chi connectivity index (χ2v) is 3.91. The average molecular weight is 282 g/mol. The van der Waals surface area contributed by atoms with E-state index in [1.165, 1.54) is 18.2 Å². The number of rotatable bonds is 8. The molecule has 0 radical (unpaired) electrons. The van der Waals surface area contributed by atoms with E-state index in [1.54, 1.807) is 7.11 Å². The fourth-order valence-electron chi connectivity index (χ4n) is 1.48. The molecule has 1 N–H and O–H groups in total. The quantitative estimate of drug-likeness (QED) is 0.581. The van der Waals surface area contributed by atoms with Crippen LogP contribution in [-0.4, -0.2) is 45.3 Å². The first-order chi connectivity index (χ1) is 9.77. The van der Waals surface area contributed by atoms with Gasteiger partial charge >= 0.3 is 0 Å². The van der Waals surface area contributed by atoms with Crippen molar-refractivity contribution in [3.63, 3.8) is 0 Å². The summed E-state index contributed by atoms with van der Waals surface area (Å²) >= 11 is 0. The van der Waals surface area contributed by atoms with Gasteiger partial charge in [-0.1, -0.05) is 11.8 Å². The Hall–Kier alpha value is -1.61. The molecular formula is C15H19FO4. The van der Waals surface area contributed by atoms with Crippen LogP contribution in [0, 0.1) is 17.7 Å². The number of methoxy groups -OCH3 is 1. The lowest BCUT2D eigenvalue weighted by Gasteiger charge is -2.09. The molecule has 0 aromatic heterocycles. The van der Waals surface area contributed by atoms with Crippen LogP contribution in [0.25, 0.3) is 0 Å². The van der Waals surface area contributed by atoms with Gasteiger partial charge in [-0.3, -0.25) is 0 Å². The molecule has 110 valence electrons. The topological polar surface area (TPSA) is 47.9 Å². The third-order valence-electron chi connectivity index (χ3n) is 2.37. The summed E-state index contributed by atoms with van der Waals surface area (Å²) in [6.45, 7) is 1.79. The third kappa shape index (κ3) is 6.53. The maximum absolute atomic E-state index is 13.1. The predicted molar refractivity (Wildman–Crippen MR) is 73.2 cm³/mol. The predicted octanol–water partition coefficient (Wildman–Crippen LogP) is 1.60. The molecule has 0 aliphatic heterocycles. The van der Waals surface area contributed by atoms with Crippen LogP contribution in [0.4, 0.5) is 4.39 Å². The Labute approximate surface area is 118 Å². The van der Waals surface area contributed by atoms with Gasteiger partial charge in [0.25, 0.3) is 0 Å². The maximum Gasteiger partial charge on any atom is 0.135 e. The van der Waals surface area contributed by atoms with Crippen molar-refractivity contribution in [2.45, 2.75) is 6.42 Å². The molecule has 4 nitrogen and oxygen atoms in total. The van der Waals surface area contributed by atoms with Gasteiger partial charge in [-0.25, -0.2) is 4.39 Å². The standard InChI is InChI=1S/C15H19FO4/c1-18-8-3-9-19-10-11-20-15-6-5-14(16)12-13(15)4-2-7-17/h5-6,12,17H,3,7-11H2,1H3. The van der Waals surface area contributed by atoms with Crippen LogP contribution in [0.2, 0.25) is 0 Å². The van der Waals surface area contributed by atoms with Crippen LogP contribution >= 0.6 is 0 Å². The lowest BCUT2D eigenvalue weighted by molar-refractivity contribution is 0.0806. The molecule has 0 spiro atoms. The zero-order valence-corrected chi connectivity index (χ0v) is 11.5.